The summed E-state index contributed by atoms with van der Waals surface area (Å²) in [5.41, 5.74) is 4.62. The lowest BCUT2D eigenvalue weighted by molar-refractivity contribution is 0.771. The van der Waals surface area contributed by atoms with E-state index in [0.717, 1.165) is 16.2 Å². The van der Waals surface area contributed by atoms with E-state index in [-0.39, 0.29) is 4.75 Å². The number of para-hydroxylation sites is 1. The van der Waals surface area contributed by atoms with Crippen LogP contribution >= 0.6 is 11.8 Å². The van der Waals surface area contributed by atoms with Crippen LogP contribution in [-0.2, 0) is 4.75 Å². The van der Waals surface area contributed by atoms with E-state index in [0.29, 0.717) is 0 Å². The second-order valence-electron chi connectivity index (χ2n) is 5.00. The van der Waals surface area contributed by atoms with Crippen molar-refractivity contribution < 1.29 is 0 Å². The second-order valence-corrected chi connectivity index (χ2v) is 6.69. The maximum atomic E-state index is 4.15. The Bertz CT molecular complexity index is 540. The minimum Gasteiger partial charge on any atom is -0.339 e. The van der Waals surface area contributed by atoms with Crippen molar-refractivity contribution in [1.29, 1.82) is 0 Å². The van der Waals surface area contributed by atoms with Crippen LogP contribution in [0.15, 0.2) is 49.0 Å². The minimum atomic E-state index is 0.0381. The Hall–Kier alpha value is -1.41. The number of hydrogen-bond acceptors (Lipinski definition) is 2. The molecule has 0 aliphatic carbocycles. The number of allylic oxidation sites excluding steroid dienone is 2. The number of hydrogen-bond donors (Lipinski definition) is 0. The third-order valence-corrected chi connectivity index (χ3v) is 4.60. The van der Waals surface area contributed by atoms with Crippen LogP contribution in [0.5, 0.6) is 0 Å². The topological polar surface area (TPSA) is 3.24 Å². The Labute approximate surface area is 114 Å². The summed E-state index contributed by atoms with van der Waals surface area (Å²) in [6.07, 6.45) is 1.81. The first-order chi connectivity index (χ1) is 8.38. The summed E-state index contributed by atoms with van der Waals surface area (Å²) in [6.45, 7) is 16.5. The van der Waals surface area contributed by atoms with Crippen LogP contribution in [0, 0.1) is 0 Å². The molecule has 2 rings (SSSR count). The second kappa shape index (κ2) is 4.36. The summed E-state index contributed by atoms with van der Waals surface area (Å²) in [5, 5.41) is 1.07. The Morgan fingerprint density at radius 3 is 2.67 bits per heavy atom. The molecule has 0 fully saturated rings. The van der Waals surface area contributed by atoms with Crippen molar-refractivity contribution in [3.8, 4) is 0 Å². The number of fused-ring (bicyclic) bond motifs is 1. The summed E-state index contributed by atoms with van der Waals surface area (Å²) in [4.78, 5) is 2.15. The van der Waals surface area contributed by atoms with E-state index in [2.05, 4.69) is 63.7 Å². The van der Waals surface area contributed by atoms with Gasteiger partial charge in [-0.15, -0.1) is 0 Å². The maximum Gasteiger partial charge on any atom is 0.0685 e. The standard InChI is InChI=1S/C16H19NS/c1-7-11(2)13-9-8-10-14-15(13)17(6)12(3)18-16(14,4)5/h7-10H,1-3H2,4-6H3. The molecule has 0 N–H and O–H groups in total. The van der Waals surface area contributed by atoms with Gasteiger partial charge in [-0.05, 0) is 25.0 Å². The van der Waals surface area contributed by atoms with Crippen LogP contribution in [0.4, 0.5) is 5.69 Å². The van der Waals surface area contributed by atoms with Crippen molar-refractivity contribution in [3.63, 3.8) is 0 Å². The van der Waals surface area contributed by atoms with E-state index in [4.69, 9.17) is 0 Å². The van der Waals surface area contributed by atoms with Crippen molar-refractivity contribution in [3.05, 3.63) is 60.2 Å². The molecule has 1 aromatic carbocycles. The van der Waals surface area contributed by atoms with Crippen LogP contribution in [0.2, 0.25) is 0 Å². The van der Waals surface area contributed by atoms with Gasteiger partial charge in [0.2, 0.25) is 0 Å². The van der Waals surface area contributed by atoms with Gasteiger partial charge in [0.15, 0.2) is 0 Å². The summed E-state index contributed by atoms with van der Waals surface area (Å²) < 4.78 is 0.0381. The third kappa shape index (κ3) is 1.91. The van der Waals surface area contributed by atoms with Gasteiger partial charge in [-0.25, -0.2) is 0 Å². The van der Waals surface area contributed by atoms with Crippen LogP contribution in [0.25, 0.3) is 5.57 Å². The highest BCUT2D eigenvalue weighted by molar-refractivity contribution is 8.04. The quantitative estimate of drug-likeness (QED) is 0.702. The molecule has 1 heterocycles. The fraction of sp³-hybridized carbons (Fsp3) is 0.250. The van der Waals surface area contributed by atoms with Crippen molar-refractivity contribution in [1.82, 2.24) is 0 Å². The first-order valence-corrected chi connectivity index (χ1v) is 6.77. The van der Waals surface area contributed by atoms with Gasteiger partial charge in [0.25, 0.3) is 0 Å². The normalized spacial score (nSPS) is 17.3. The molecule has 1 aromatic rings. The molecule has 0 spiro atoms. The maximum absolute atomic E-state index is 4.15. The van der Waals surface area contributed by atoms with Gasteiger partial charge in [-0.3, -0.25) is 0 Å². The van der Waals surface area contributed by atoms with Crippen molar-refractivity contribution in [2.75, 3.05) is 11.9 Å². The summed E-state index contributed by atoms with van der Waals surface area (Å²) in [5.74, 6) is 0. The highest BCUT2D eigenvalue weighted by Gasteiger charge is 2.34. The Morgan fingerprint density at radius 1 is 1.39 bits per heavy atom. The molecule has 0 saturated carbocycles. The van der Waals surface area contributed by atoms with Crippen LogP contribution < -0.4 is 4.90 Å². The van der Waals surface area contributed by atoms with E-state index >= 15 is 0 Å². The lowest BCUT2D eigenvalue weighted by Gasteiger charge is -2.40. The van der Waals surface area contributed by atoms with Gasteiger partial charge >= 0.3 is 0 Å². The number of nitrogens with zero attached hydrogens (tertiary/aromatic N) is 1. The van der Waals surface area contributed by atoms with Gasteiger partial charge in [0.1, 0.15) is 0 Å². The summed E-state index contributed by atoms with van der Waals surface area (Å²) in [7, 11) is 2.06. The molecule has 18 heavy (non-hydrogen) atoms. The molecule has 0 amide bonds. The number of benzene rings is 1. The first kappa shape index (κ1) is 13.0. The van der Waals surface area contributed by atoms with Crippen molar-refractivity contribution in [2.24, 2.45) is 0 Å². The van der Waals surface area contributed by atoms with Gasteiger partial charge in [-0.2, -0.15) is 0 Å². The summed E-state index contributed by atoms with van der Waals surface area (Å²) in [6, 6.07) is 6.37. The zero-order valence-electron chi connectivity index (χ0n) is 11.3. The molecule has 1 aliphatic heterocycles. The molecule has 0 aromatic heterocycles. The lowest BCUT2D eigenvalue weighted by Crippen LogP contribution is -2.29. The van der Waals surface area contributed by atoms with E-state index in [1.807, 2.05) is 0 Å². The average molecular weight is 257 g/mol. The summed E-state index contributed by atoms with van der Waals surface area (Å²) >= 11 is 1.80. The molecule has 0 bridgehead atoms. The van der Waals surface area contributed by atoms with Crippen LogP contribution in [0.1, 0.15) is 25.0 Å². The smallest absolute Gasteiger partial charge is 0.0685 e. The Morgan fingerprint density at radius 2 is 2.06 bits per heavy atom. The number of anilines is 1. The minimum absolute atomic E-state index is 0.0381. The predicted octanol–water partition coefficient (Wildman–Crippen LogP) is 4.78. The van der Waals surface area contributed by atoms with E-state index < -0.39 is 0 Å². The molecule has 94 valence electrons. The fourth-order valence-electron chi connectivity index (χ4n) is 2.30. The van der Waals surface area contributed by atoms with E-state index in [1.165, 1.54) is 11.3 Å². The molecular weight excluding hydrogens is 238 g/mol. The Balaban J connectivity index is 2.73. The van der Waals surface area contributed by atoms with Gasteiger partial charge in [0.05, 0.1) is 10.7 Å². The zero-order chi connectivity index (χ0) is 13.5. The molecule has 2 heteroatoms. The molecular formula is C16H19NS. The number of thioether (sulfide) groups is 1. The molecule has 0 unspecified atom stereocenters. The SMILES string of the molecule is C=CC(=C)c1cccc2c1N(C)C(=C)SC2(C)C. The van der Waals surface area contributed by atoms with Gasteiger partial charge in [-0.1, -0.05) is 55.8 Å². The highest BCUT2D eigenvalue weighted by Crippen LogP contribution is 2.51. The fourth-order valence-corrected chi connectivity index (χ4v) is 3.39. The molecule has 0 saturated heterocycles. The third-order valence-electron chi connectivity index (χ3n) is 3.36. The van der Waals surface area contributed by atoms with Gasteiger partial charge in [0, 0.05) is 17.4 Å². The number of rotatable bonds is 2. The Kier molecular flexibility index (Phi) is 3.16. The van der Waals surface area contributed by atoms with E-state index in [1.54, 1.807) is 17.8 Å². The zero-order valence-corrected chi connectivity index (χ0v) is 12.1. The lowest BCUT2D eigenvalue weighted by atomic mass is 9.93. The molecule has 0 atom stereocenters. The predicted molar refractivity (Wildman–Crippen MR) is 83.8 cm³/mol. The van der Waals surface area contributed by atoms with E-state index in [9.17, 15) is 0 Å². The molecule has 1 aliphatic rings. The van der Waals surface area contributed by atoms with Crippen molar-refractivity contribution >= 4 is 23.0 Å². The first-order valence-electron chi connectivity index (χ1n) is 5.95. The monoisotopic (exact) mass is 257 g/mol. The molecule has 1 nitrogen and oxygen atoms in total. The highest BCUT2D eigenvalue weighted by atomic mass is 32.2. The van der Waals surface area contributed by atoms with Crippen LogP contribution in [0.3, 0.4) is 0 Å². The van der Waals surface area contributed by atoms with Gasteiger partial charge < -0.3 is 4.90 Å². The largest absolute Gasteiger partial charge is 0.339 e. The molecule has 0 radical (unpaired) electrons. The van der Waals surface area contributed by atoms with Crippen molar-refractivity contribution in [2.45, 2.75) is 18.6 Å². The van der Waals surface area contributed by atoms with Crippen LogP contribution in [-0.4, -0.2) is 7.05 Å². The average Bonchev–Trinajstić information content (AvgIpc) is 2.34.